The van der Waals surface area contributed by atoms with Gasteiger partial charge in [-0.3, -0.25) is 4.79 Å². The standard InChI is InChI=1S/C7H16FN.C7H11NO2.C6H14FNO.C6H11NO2/c1-4-6(9)5-7(2,3)8;1-5(2)3-6-4-10-7(9)8-6;1-6(2,7)3-5(8)4-9;1-4(2)3-5(7)6(8)9/h6H,4-5,9H2,1-3H3;6H,1,3-4H2,2H3,(H,8,9);5,9H,3-4,8H2,1-2H3;5H,1,3,7H2,2H3,(H,8,9)/t2*6-;2*5-/m1000/s1. The van der Waals surface area contributed by atoms with Gasteiger partial charge in [-0.15, -0.1) is 13.2 Å². The van der Waals surface area contributed by atoms with Crippen molar-refractivity contribution in [1.29, 1.82) is 0 Å². The Morgan fingerprint density at radius 1 is 1.08 bits per heavy atom. The number of aliphatic hydroxyl groups excluding tert-OH is 1. The van der Waals surface area contributed by atoms with Crippen LogP contribution in [0.1, 0.15) is 80.6 Å². The number of carboxylic acids is 1. The van der Waals surface area contributed by atoms with Crippen molar-refractivity contribution in [2.45, 2.75) is 116 Å². The van der Waals surface area contributed by atoms with E-state index in [-0.39, 0.29) is 31.2 Å². The summed E-state index contributed by atoms with van der Waals surface area (Å²) in [5.74, 6) is -0.974. The fraction of sp³-hybridized carbons (Fsp3) is 0.769. The number of nitrogens with one attached hydrogen (secondary N) is 1. The van der Waals surface area contributed by atoms with Crippen molar-refractivity contribution in [3.8, 4) is 0 Å². The van der Waals surface area contributed by atoms with Gasteiger partial charge in [-0.25, -0.2) is 13.6 Å². The predicted molar refractivity (Wildman–Crippen MR) is 146 cm³/mol. The Morgan fingerprint density at radius 2 is 1.54 bits per heavy atom. The molecule has 37 heavy (non-hydrogen) atoms. The summed E-state index contributed by atoms with van der Waals surface area (Å²) in [7, 11) is 0. The molecule has 0 aromatic carbocycles. The summed E-state index contributed by atoms with van der Waals surface area (Å²) in [6, 6.07) is -1.05. The van der Waals surface area contributed by atoms with Gasteiger partial charge in [-0.2, -0.15) is 0 Å². The third-order valence-electron chi connectivity index (χ3n) is 4.47. The molecule has 220 valence electrons. The maximum Gasteiger partial charge on any atom is 0.407 e. The Bertz CT molecular complexity index is 657. The highest BCUT2D eigenvalue weighted by atomic mass is 19.1. The Balaban J connectivity index is -0.000000417. The number of amides is 1. The van der Waals surface area contributed by atoms with Crippen LogP contribution >= 0.6 is 0 Å². The summed E-state index contributed by atoms with van der Waals surface area (Å²) >= 11 is 0. The zero-order chi connectivity index (χ0) is 30.0. The van der Waals surface area contributed by atoms with E-state index in [4.69, 9.17) is 27.4 Å². The zero-order valence-electron chi connectivity index (χ0n) is 23.8. The van der Waals surface area contributed by atoms with E-state index >= 15 is 0 Å². The lowest BCUT2D eigenvalue weighted by Gasteiger charge is -2.17. The van der Waals surface area contributed by atoms with Crippen LogP contribution in [-0.4, -0.2) is 71.0 Å². The number of carboxylic acid groups (broad SMARTS) is 1. The quantitative estimate of drug-likeness (QED) is 0.216. The molecule has 0 aromatic rings. The number of carbonyl (C=O) groups is 2. The third-order valence-corrected chi connectivity index (χ3v) is 4.47. The van der Waals surface area contributed by atoms with Gasteiger partial charge in [0.2, 0.25) is 0 Å². The molecule has 1 saturated heterocycles. The first-order chi connectivity index (χ1) is 16.6. The number of alkyl carbamates (subject to hydrolysis) is 1. The Morgan fingerprint density at radius 3 is 1.73 bits per heavy atom. The molecule has 0 radical (unpaired) electrons. The van der Waals surface area contributed by atoms with Crippen molar-refractivity contribution < 1.29 is 33.3 Å². The molecule has 0 aromatic heterocycles. The maximum atomic E-state index is 12.7. The van der Waals surface area contributed by atoms with Crippen molar-refractivity contribution in [1.82, 2.24) is 5.32 Å². The first kappa shape index (κ1) is 39.4. The summed E-state index contributed by atoms with van der Waals surface area (Å²) in [6.45, 7) is 19.3. The first-order valence-corrected chi connectivity index (χ1v) is 12.3. The summed E-state index contributed by atoms with van der Waals surface area (Å²) in [5.41, 5.74) is 15.4. The molecule has 0 spiro atoms. The van der Waals surface area contributed by atoms with Gasteiger partial charge in [0.05, 0.1) is 12.6 Å². The van der Waals surface area contributed by atoms with Gasteiger partial charge in [0.25, 0.3) is 0 Å². The number of rotatable bonds is 11. The highest BCUT2D eigenvalue weighted by Crippen LogP contribution is 2.16. The highest BCUT2D eigenvalue weighted by molar-refractivity contribution is 5.73. The number of hydrogen-bond donors (Lipinski definition) is 6. The minimum Gasteiger partial charge on any atom is -0.480 e. The molecule has 0 aliphatic carbocycles. The monoisotopic (exact) mass is 538 g/mol. The van der Waals surface area contributed by atoms with Crippen molar-refractivity contribution >= 4 is 12.1 Å². The molecular weight excluding hydrogens is 486 g/mol. The molecule has 1 amide bonds. The minimum atomic E-state index is -1.26. The van der Waals surface area contributed by atoms with Crippen LogP contribution in [0, 0.1) is 0 Å². The number of ether oxygens (including phenoxy) is 1. The van der Waals surface area contributed by atoms with Crippen LogP contribution < -0.4 is 22.5 Å². The summed E-state index contributed by atoms with van der Waals surface area (Å²) < 4.78 is 30.1. The van der Waals surface area contributed by atoms with Crippen LogP contribution in [0.4, 0.5) is 13.6 Å². The summed E-state index contributed by atoms with van der Waals surface area (Å²) in [5, 5.41) is 19.3. The average Bonchev–Trinajstić information content (AvgIpc) is 3.10. The topological polar surface area (TPSA) is 174 Å². The average molecular weight is 539 g/mol. The first-order valence-electron chi connectivity index (χ1n) is 12.3. The highest BCUT2D eigenvalue weighted by Gasteiger charge is 2.21. The minimum absolute atomic E-state index is 0.0185. The van der Waals surface area contributed by atoms with Crippen LogP contribution in [0.5, 0.6) is 0 Å². The molecule has 0 saturated carbocycles. The van der Waals surface area contributed by atoms with E-state index in [1.54, 1.807) is 20.8 Å². The second kappa shape index (κ2) is 20.0. The van der Waals surface area contributed by atoms with Crippen molar-refractivity contribution in [2.75, 3.05) is 13.2 Å². The largest absolute Gasteiger partial charge is 0.480 e. The molecule has 1 heterocycles. The molecule has 1 rings (SSSR count). The molecule has 1 aliphatic rings. The SMILES string of the molecule is C=C(C)C[C@H](N)C(=O)O.C=C(C)C[C@H]1COC(=O)N1.CC(C)(F)C[C@H](N)CO.CC[C@@H](N)CC(C)(C)F. The maximum absolute atomic E-state index is 12.7. The number of aliphatic carboxylic acids is 1. The number of carbonyl (C=O) groups excluding carboxylic acids is 1. The van der Waals surface area contributed by atoms with E-state index in [9.17, 15) is 18.4 Å². The number of aliphatic hydroxyl groups is 1. The van der Waals surface area contributed by atoms with Gasteiger partial charge >= 0.3 is 12.1 Å². The summed E-state index contributed by atoms with van der Waals surface area (Å²) in [4.78, 5) is 20.5. The third kappa shape index (κ3) is 31.9. The lowest BCUT2D eigenvalue weighted by atomic mass is 10.0. The molecule has 11 heteroatoms. The predicted octanol–water partition coefficient (Wildman–Crippen LogP) is 3.73. The van der Waals surface area contributed by atoms with Crippen LogP contribution in [0.3, 0.4) is 0 Å². The Labute approximate surface area is 221 Å². The number of alkyl halides is 2. The van der Waals surface area contributed by atoms with Gasteiger partial charge in [0, 0.05) is 12.1 Å². The number of halogens is 2. The van der Waals surface area contributed by atoms with Gasteiger partial charge in [-0.05, 0) is 73.6 Å². The van der Waals surface area contributed by atoms with Crippen LogP contribution in [-0.2, 0) is 9.53 Å². The zero-order valence-corrected chi connectivity index (χ0v) is 23.8. The van der Waals surface area contributed by atoms with E-state index < -0.39 is 29.4 Å². The van der Waals surface area contributed by atoms with Gasteiger partial charge < -0.3 is 37.5 Å². The molecule has 1 fully saturated rings. The van der Waals surface area contributed by atoms with E-state index in [0.717, 1.165) is 24.0 Å². The van der Waals surface area contributed by atoms with E-state index in [2.05, 4.69) is 23.2 Å². The number of nitrogens with two attached hydrogens (primary N) is 3. The van der Waals surface area contributed by atoms with Crippen molar-refractivity contribution in [3.63, 3.8) is 0 Å². The molecule has 9 N–H and O–H groups in total. The lowest BCUT2D eigenvalue weighted by Crippen LogP contribution is -2.31. The van der Waals surface area contributed by atoms with E-state index in [1.807, 2.05) is 13.8 Å². The molecule has 4 atom stereocenters. The van der Waals surface area contributed by atoms with Gasteiger partial charge in [0.15, 0.2) is 0 Å². The van der Waals surface area contributed by atoms with Gasteiger partial charge in [-0.1, -0.05) is 18.1 Å². The van der Waals surface area contributed by atoms with E-state index in [0.29, 0.717) is 19.4 Å². The number of cyclic esters (lactones) is 1. The molecule has 9 nitrogen and oxygen atoms in total. The van der Waals surface area contributed by atoms with E-state index in [1.165, 1.54) is 13.8 Å². The molecular formula is C26H52F2N4O5. The van der Waals surface area contributed by atoms with Crippen LogP contribution in [0.2, 0.25) is 0 Å². The second-order valence-electron chi connectivity index (χ2n) is 10.7. The second-order valence-corrected chi connectivity index (χ2v) is 10.7. The normalized spacial score (nSPS) is 17.1. The Hall–Kier alpha value is -2.08. The fourth-order valence-corrected chi connectivity index (χ4v) is 2.88. The molecule has 0 unspecified atom stereocenters. The summed E-state index contributed by atoms with van der Waals surface area (Å²) in [6.07, 6.45) is 2.38. The van der Waals surface area contributed by atoms with Gasteiger partial charge in [0.1, 0.15) is 24.0 Å². The van der Waals surface area contributed by atoms with Crippen LogP contribution in [0.15, 0.2) is 24.3 Å². The number of hydrogen-bond acceptors (Lipinski definition) is 7. The van der Waals surface area contributed by atoms with Crippen LogP contribution in [0.25, 0.3) is 0 Å². The fourth-order valence-electron chi connectivity index (χ4n) is 2.88. The lowest BCUT2D eigenvalue weighted by molar-refractivity contribution is -0.138. The van der Waals surface area contributed by atoms with Crippen molar-refractivity contribution in [3.05, 3.63) is 24.3 Å². The van der Waals surface area contributed by atoms with Crippen molar-refractivity contribution in [2.24, 2.45) is 17.2 Å². The Kier molecular flexibility index (Phi) is 21.3. The smallest absolute Gasteiger partial charge is 0.407 e. The molecule has 1 aliphatic heterocycles. The molecule has 0 bridgehead atoms.